The fourth-order valence-corrected chi connectivity index (χ4v) is 2.04. The second-order valence-electron chi connectivity index (χ2n) is 4.80. The number of nitrogens with two attached hydrogens (primary N) is 1. The van der Waals surface area contributed by atoms with E-state index in [0.29, 0.717) is 17.1 Å². The normalized spacial score (nSPS) is 20.5. The van der Waals surface area contributed by atoms with Crippen molar-refractivity contribution in [2.45, 2.75) is 31.2 Å². The van der Waals surface area contributed by atoms with E-state index >= 15 is 0 Å². The second kappa shape index (κ2) is 3.10. The van der Waals surface area contributed by atoms with Crippen molar-refractivity contribution in [1.82, 2.24) is 0 Å². The van der Waals surface area contributed by atoms with Gasteiger partial charge in [0.1, 0.15) is 0 Å². The van der Waals surface area contributed by atoms with E-state index in [1.165, 1.54) is 12.1 Å². The van der Waals surface area contributed by atoms with Gasteiger partial charge in [-0.05, 0) is 25.0 Å². The average Bonchev–Trinajstić information content (AvgIpc) is 2.81. The fraction of sp³-hybridized carbons (Fsp3) is 0.500. The molecule has 0 spiro atoms. The third-order valence-electron chi connectivity index (χ3n) is 3.30. The number of rotatable bonds is 2. The summed E-state index contributed by atoms with van der Waals surface area (Å²) in [4.78, 5) is 0. The van der Waals surface area contributed by atoms with Gasteiger partial charge in [0.25, 0.3) is 5.92 Å². The number of alkyl halides is 2. The lowest BCUT2D eigenvalue weighted by molar-refractivity contribution is 0.0172. The van der Waals surface area contributed by atoms with Crippen LogP contribution in [0.25, 0.3) is 0 Å². The quantitative estimate of drug-likeness (QED) is 0.865. The predicted molar refractivity (Wildman–Crippen MR) is 57.2 cm³/mol. The van der Waals surface area contributed by atoms with Gasteiger partial charge in [0.05, 0.1) is 0 Å². The van der Waals surface area contributed by atoms with Crippen molar-refractivity contribution in [3.05, 3.63) is 23.3 Å². The molecule has 92 valence electrons. The number of hydrogen-bond acceptors (Lipinski definition) is 3. The third kappa shape index (κ3) is 1.65. The minimum absolute atomic E-state index is 0.0666. The van der Waals surface area contributed by atoms with E-state index in [1.807, 2.05) is 0 Å². The molecule has 0 aromatic heterocycles. The molecule has 1 fully saturated rings. The first-order valence-electron chi connectivity index (χ1n) is 5.51. The van der Waals surface area contributed by atoms with Crippen LogP contribution in [0.4, 0.5) is 8.78 Å². The van der Waals surface area contributed by atoms with Crippen LogP contribution in [0.5, 0.6) is 11.5 Å². The molecule has 0 radical (unpaired) electrons. The van der Waals surface area contributed by atoms with Crippen LogP contribution in [0, 0.1) is 0 Å². The summed E-state index contributed by atoms with van der Waals surface area (Å²) < 4.78 is 37.3. The molecular formula is C12H13F2NO2. The van der Waals surface area contributed by atoms with E-state index in [2.05, 4.69) is 0 Å². The van der Waals surface area contributed by atoms with Gasteiger partial charge in [-0.2, -0.15) is 0 Å². The van der Waals surface area contributed by atoms with Gasteiger partial charge in [0, 0.05) is 23.6 Å². The molecule has 3 nitrogen and oxygen atoms in total. The molecule has 1 aliphatic carbocycles. The van der Waals surface area contributed by atoms with Crippen LogP contribution in [-0.2, 0) is 11.5 Å². The van der Waals surface area contributed by atoms with Crippen LogP contribution in [0.3, 0.4) is 0 Å². The highest BCUT2D eigenvalue weighted by Crippen LogP contribution is 2.52. The molecule has 1 saturated carbocycles. The first-order chi connectivity index (χ1) is 7.90. The molecule has 0 amide bonds. The zero-order chi connectivity index (χ0) is 12.3. The summed E-state index contributed by atoms with van der Waals surface area (Å²) >= 11 is 0. The van der Waals surface area contributed by atoms with Crippen molar-refractivity contribution in [1.29, 1.82) is 0 Å². The molecule has 2 N–H and O–H groups in total. The summed E-state index contributed by atoms with van der Waals surface area (Å²) in [5.74, 6) is -2.00. The molecule has 2 aliphatic rings. The molecule has 0 atom stereocenters. The molecule has 0 saturated heterocycles. The minimum Gasteiger partial charge on any atom is -0.454 e. The summed E-state index contributed by atoms with van der Waals surface area (Å²) in [7, 11) is 0. The topological polar surface area (TPSA) is 44.5 Å². The van der Waals surface area contributed by atoms with Crippen LogP contribution in [0.2, 0.25) is 0 Å². The van der Waals surface area contributed by atoms with Crippen LogP contribution in [0.1, 0.15) is 30.9 Å². The average molecular weight is 241 g/mol. The maximum Gasteiger partial charge on any atom is 0.270 e. The van der Waals surface area contributed by atoms with Crippen molar-refractivity contribution in [2.24, 2.45) is 5.73 Å². The molecule has 3 rings (SSSR count). The molecule has 0 unspecified atom stereocenters. The Labute approximate surface area is 97.5 Å². The molecule has 1 aliphatic heterocycles. The molecular weight excluding hydrogens is 228 g/mol. The van der Waals surface area contributed by atoms with E-state index < -0.39 is 11.5 Å². The van der Waals surface area contributed by atoms with Crippen molar-refractivity contribution >= 4 is 0 Å². The Balaban J connectivity index is 2.17. The number of hydrogen-bond donors (Lipinski definition) is 1. The Morgan fingerprint density at radius 1 is 1.29 bits per heavy atom. The Kier molecular flexibility index (Phi) is 1.96. The van der Waals surface area contributed by atoms with Crippen molar-refractivity contribution in [3.63, 3.8) is 0 Å². The van der Waals surface area contributed by atoms with Gasteiger partial charge >= 0.3 is 0 Å². The van der Waals surface area contributed by atoms with E-state index in [4.69, 9.17) is 15.2 Å². The Morgan fingerprint density at radius 3 is 2.59 bits per heavy atom. The minimum atomic E-state index is -2.90. The van der Waals surface area contributed by atoms with Crippen LogP contribution in [0.15, 0.2) is 12.1 Å². The largest absolute Gasteiger partial charge is 0.454 e. The summed E-state index contributed by atoms with van der Waals surface area (Å²) in [6.07, 6.45) is 1.59. The second-order valence-corrected chi connectivity index (χ2v) is 4.80. The lowest BCUT2D eigenvalue weighted by Gasteiger charge is -2.17. The van der Waals surface area contributed by atoms with E-state index in [1.54, 1.807) is 0 Å². The maximum absolute atomic E-state index is 13.4. The van der Waals surface area contributed by atoms with Gasteiger partial charge in [0.15, 0.2) is 11.5 Å². The monoisotopic (exact) mass is 241 g/mol. The van der Waals surface area contributed by atoms with Gasteiger partial charge in [-0.1, -0.05) is 0 Å². The highest BCUT2D eigenvalue weighted by molar-refractivity contribution is 5.55. The summed E-state index contributed by atoms with van der Waals surface area (Å²) in [5, 5.41) is 0. The number of ether oxygens (including phenoxy) is 2. The standard InChI is InChI=1S/C12H13F2NO2/c1-11(13,14)7-4-8(12(15)2-3-12)10-9(5-7)16-6-17-10/h4-5H,2-3,6,15H2,1H3. The van der Waals surface area contributed by atoms with Crippen molar-refractivity contribution in [2.75, 3.05) is 6.79 Å². The molecule has 1 aromatic rings. The predicted octanol–water partition coefficient (Wildman–Crippen LogP) is 2.47. The van der Waals surface area contributed by atoms with Crippen LogP contribution in [-0.4, -0.2) is 6.79 Å². The first kappa shape index (κ1) is 10.8. The lowest BCUT2D eigenvalue weighted by atomic mass is 9.98. The highest BCUT2D eigenvalue weighted by atomic mass is 19.3. The Hall–Kier alpha value is -1.36. The smallest absolute Gasteiger partial charge is 0.270 e. The molecule has 5 heteroatoms. The Morgan fingerprint density at radius 2 is 2.00 bits per heavy atom. The first-order valence-corrected chi connectivity index (χ1v) is 5.51. The van der Waals surface area contributed by atoms with Crippen molar-refractivity contribution < 1.29 is 18.3 Å². The Bertz CT molecular complexity index is 478. The zero-order valence-electron chi connectivity index (χ0n) is 9.43. The SMILES string of the molecule is CC(F)(F)c1cc2c(c(C3(N)CC3)c1)OCO2. The number of benzene rings is 1. The van der Waals surface area contributed by atoms with Gasteiger partial charge in [-0.15, -0.1) is 0 Å². The van der Waals surface area contributed by atoms with Gasteiger partial charge in [0.2, 0.25) is 6.79 Å². The zero-order valence-corrected chi connectivity index (χ0v) is 9.43. The number of halogens is 2. The molecule has 17 heavy (non-hydrogen) atoms. The highest BCUT2D eigenvalue weighted by Gasteiger charge is 2.45. The maximum atomic E-state index is 13.4. The summed E-state index contributed by atoms with van der Waals surface area (Å²) in [5.41, 5.74) is 6.12. The molecule has 0 bridgehead atoms. The molecule has 1 heterocycles. The van der Waals surface area contributed by atoms with Gasteiger partial charge < -0.3 is 15.2 Å². The summed E-state index contributed by atoms with van der Waals surface area (Å²) in [6, 6.07) is 2.78. The lowest BCUT2D eigenvalue weighted by Crippen LogP contribution is -2.20. The van der Waals surface area contributed by atoms with E-state index in [0.717, 1.165) is 19.8 Å². The van der Waals surface area contributed by atoms with Crippen molar-refractivity contribution in [3.8, 4) is 11.5 Å². The van der Waals surface area contributed by atoms with Gasteiger partial charge in [-0.3, -0.25) is 0 Å². The van der Waals surface area contributed by atoms with E-state index in [9.17, 15) is 8.78 Å². The van der Waals surface area contributed by atoms with Crippen LogP contribution < -0.4 is 15.2 Å². The third-order valence-corrected chi connectivity index (χ3v) is 3.30. The molecule has 1 aromatic carbocycles. The fourth-order valence-electron chi connectivity index (χ4n) is 2.04. The van der Waals surface area contributed by atoms with Gasteiger partial charge in [-0.25, -0.2) is 8.78 Å². The van der Waals surface area contributed by atoms with Crippen LogP contribution >= 0.6 is 0 Å². The van der Waals surface area contributed by atoms with E-state index in [-0.39, 0.29) is 12.4 Å². The summed E-state index contributed by atoms with van der Waals surface area (Å²) in [6.45, 7) is 0.932. The number of fused-ring (bicyclic) bond motifs is 1.